The van der Waals surface area contributed by atoms with Crippen molar-refractivity contribution in [2.45, 2.75) is 72.2 Å². The third kappa shape index (κ3) is 9.14. The van der Waals surface area contributed by atoms with Crippen molar-refractivity contribution < 1.29 is 23.1 Å². The van der Waals surface area contributed by atoms with Gasteiger partial charge in [0.25, 0.3) is 10.0 Å². The molecule has 9 nitrogen and oxygen atoms in total. The molecule has 0 aliphatic carbocycles. The Labute approximate surface area is 249 Å². The summed E-state index contributed by atoms with van der Waals surface area (Å²) in [4.78, 5) is 20.3. The minimum atomic E-state index is -4.21. The molecule has 0 aliphatic heterocycles. The van der Waals surface area contributed by atoms with Gasteiger partial charge in [0.1, 0.15) is 6.61 Å². The first-order valence-electron chi connectivity index (χ1n) is 13.3. The molecular weight excluding hydrogens is 564 g/mol. The van der Waals surface area contributed by atoms with Crippen LogP contribution in [0.3, 0.4) is 0 Å². The molecule has 2 aromatic carbocycles. The van der Waals surface area contributed by atoms with E-state index in [-0.39, 0.29) is 52.8 Å². The number of aromatic carboxylic acids is 1. The highest BCUT2D eigenvalue weighted by Crippen LogP contribution is 2.35. The van der Waals surface area contributed by atoms with Crippen molar-refractivity contribution in [3.05, 3.63) is 64.7 Å². The molecule has 0 fully saturated rings. The third-order valence-electron chi connectivity index (χ3n) is 6.25. The zero-order chi connectivity index (χ0) is 29.8. The number of nitrogens with two attached hydrogens (primary N) is 1. The molecule has 0 saturated heterocycles. The summed E-state index contributed by atoms with van der Waals surface area (Å²) in [6.45, 7) is 14.6. The number of halogens is 1. The van der Waals surface area contributed by atoms with Crippen molar-refractivity contribution in [1.29, 1.82) is 0 Å². The number of hydrogen-bond acceptors (Lipinski definition) is 7. The quantitative estimate of drug-likeness (QED) is 0.241. The fourth-order valence-corrected chi connectivity index (χ4v) is 5.60. The molecule has 0 radical (unpaired) electrons. The number of hydrogen-bond donors (Lipinski definition) is 3. The lowest BCUT2D eigenvalue weighted by atomic mass is 9.89. The lowest BCUT2D eigenvalue weighted by Crippen LogP contribution is -2.32. The monoisotopic (exact) mass is 604 g/mol. The summed E-state index contributed by atoms with van der Waals surface area (Å²) in [6.07, 6.45) is 1.52. The number of carboxylic acid groups (broad SMARTS) is 1. The maximum absolute atomic E-state index is 13.3. The zero-order valence-corrected chi connectivity index (χ0v) is 26.3. The standard InChI is InChI=1S/C30H40N4O5S.ClH/c1-18(2)14-21-11-8-10-19(3)25(21)26-20(4)27(39-17-23(31)16-30(5,6)7)33-29(32-26)34-40(37,38)24-13-9-12-22(15-24)28(35)36;/h8-13,15,18,23H,14,16-17,31H2,1-7H3,(H,35,36)(H,32,33,34);1H/t23-;/m1./s1. The summed E-state index contributed by atoms with van der Waals surface area (Å²) < 4.78 is 35.1. The number of carbonyl (C=O) groups is 1. The fraction of sp³-hybridized carbons (Fsp3) is 0.433. The Morgan fingerprint density at radius 2 is 1.76 bits per heavy atom. The van der Waals surface area contributed by atoms with Gasteiger partial charge in [0.2, 0.25) is 11.8 Å². The highest BCUT2D eigenvalue weighted by atomic mass is 35.5. The maximum Gasteiger partial charge on any atom is 0.335 e. The second-order valence-electron chi connectivity index (χ2n) is 11.8. The molecule has 3 rings (SSSR count). The van der Waals surface area contributed by atoms with Gasteiger partial charge in [-0.15, -0.1) is 12.4 Å². The lowest BCUT2D eigenvalue weighted by Gasteiger charge is -2.24. The van der Waals surface area contributed by atoms with E-state index in [9.17, 15) is 18.3 Å². The molecule has 224 valence electrons. The first-order chi connectivity index (χ1) is 18.6. The summed E-state index contributed by atoms with van der Waals surface area (Å²) >= 11 is 0. The smallest absolute Gasteiger partial charge is 0.335 e. The van der Waals surface area contributed by atoms with E-state index in [0.717, 1.165) is 35.6 Å². The highest BCUT2D eigenvalue weighted by Gasteiger charge is 2.24. The normalized spacial score (nSPS) is 12.5. The number of nitrogens with one attached hydrogen (secondary N) is 1. The Hall–Kier alpha value is -3.21. The van der Waals surface area contributed by atoms with Crippen LogP contribution in [0.4, 0.5) is 5.95 Å². The summed E-state index contributed by atoms with van der Waals surface area (Å²) in [5.41, 5.74) is 10.4. The number of aromatic nitrogens is 2. The molecule has 0 unspecified atom stereocenters. The van der Waals surface area contributed by atoms with Crippen molar-refractivity contribution in [2.75, 3.05) is 11.3 Å². The molecule has 0 aliphatic rings. The van der Waals surface area contributed by atoms with Gasteiger partial charge in [-0.2, -0.15) is 4.98 Å². The minimum Gasteiger partial charge on any atom is -0.478 e. The third-order valence-corrected chi connectivity index (χ3v) is 7.58. The van der Waals surface area contributed by atoms with Gasteiger partial charge in [-0.1, -0.05) is 58.9 Å². The van der Waals surface area contributed by atoms with Gasteiger partial charge in [-0.3, -0.25) is 0 Å². The van der Waals surface area contributed by atoms with Gasteiger partial charge in [0.15, 0.2) is 0 Å². The van der Waals surface area contributed by atoms with E-state index in [1.54, 1.807) is 0 Å². The number of anilines is 1. The van der Waals surface area contributed by atoms with Gasteiger partial charge < -0.3 is 15.6 Å². The van der Waals surface area contributed by atoms with Crippen LogP contribution in [0.5, 0.6) is 5.88 Å². The molecule has 41 heavy (non-hydrogen) atoms. The summed E-state index contributed by atoms with van der Waals surface area (Å²) in [7, 11) is -4.21. The molecule has 1 atom stereocenters. The molecule has 1 heterocycles. The maximum atomic E-state index is 13.3. The van der Waals surface area contributed by atoms with E-state index in [4.69, 9.17) is 10.5 Å². The highest BCUT2D eigenvalue weighted by molar-refractivity contribution is 7.92. The summed E-state index contributed by atoms with van der Waals surface area (Å²) in [5.74, 6) is -0.802. The molecule has 4 N–H and O–H groups in total. The van der Waals surface area contributed by atoms with Gasteiger partial charge in [0, 0.05) is 17.2 Å². The number of ether oxygens (including phenoxy) is 1. The van der Waals surface area contributed by atoms with Crippen LogP contribution < -0.4 is 15.2 Å². The number of aryl methyl sites for hydroxylation is 1. The number of nitrogens with zero attached hydrogens (tertiary/aromatic N) is 2. The Balaban J connectivity index is 0.00000588. The zero-order valence-electron chi connectivity index (χ0n) is 24.7. The number of rotatable bonds is 11. The predicted molar refractivity (Wildman–Crippen MR) is 164 cm³/mol. The van der Waals surface area contributed by atoms with E-state index in [1.165, 1.54) is 18.2 Å². The molecule has 0 spiro atoms. The van der Waals surface area contributed by atoms with Crippen LogP contribution in [0.15, 0.2) is 47.4 Å². The Morgan fingerprint density at radius 3 is 2.37 bits per heavy atom. The predicted octanol–water partition coefficient (Wildman–Crippen LogP) is 6.02. The van der Waals surface area contributed by atoms with Crippen molar-refractivity contribution in [3.8, 4) is 17.1 Å². The van der Waals surface area contributed by atoms with E-state index in [0.29, 0.717) is 17.2 Å². The van der Waals surface area contributed by atoms with Crippen LogP contribution in [0.25, 0.3) is 11.3 Å². The van der Waals surface area contributed by atoms with Crippen LogP contribution >= 0.6 is 12.4 Å². The van der Waals surface area contributed by atoms with Crippen molar-refractivity contribution in [2.24, 2.45) is 17.1 Å². The second kappa shape index (κ2) is 13.6. The van der Waals surface area contributed by atoms with Crippen molar-refractivity contribution >= 4 is 34.3 Å². The van der Waals surface area contributed by atoms with Crippen LogP contribution in [-0.2, 0) is 16.4 Å². The lowest BCUT2D eigenvalue weighted by molar-refractivity contribution is 0.0696. The summed E-state index contributed by atoms with van der Waals surface area (Å²) in [5, 5.41) is 9.32. The summed E-state index contributed by atoms with van der Waals surface area (Å²) in [6, 6.07) is 10.9. The van der Waals surface area contributed by atoms with Gasteiger partial charge in [-0.25, -0.2) is 22.9 Å². The average molecular weight is 605 g/mol. The Bertz CT molecular complexity index is 1490. The molecule has 11 heteroatoms. The van der Waals surface area contributed by atoms with E-state index in [1.807, 2.05) is 32.0 Å². The first kappa shape index (κ1) is 34.0. The molecule has 0 amide bonds. The number of benzene rings is 2. The van der Waals surface area contributed by atoms with E-state index < -0.39 is 16.0 Å². The molecule has 3 aromatic rings. The molecule has 0 saturated carbocycles. The van der Waals surface area contributed by atoms with Crippen molar-refractivity contribution in [1.82, 2.24) is 9.97 Å². The van der Waals surface area contributed by atoms with Crippen molar-refractivity contribution in [3.63, 3.8) is 0 Å². The second-order valence-corrected chi connectivity index (χ2v) is 13.5. The van der Waals surface area contributed by atoms with Crippen LogP contribution in [0.2, 0.25) is 0 Å². The minimum absolute atomic E-state index is 0. The van der Waals surface area contributed by atoms with Gasteiger partial charge in [-0.05, 0) is 67.3 Å². The fourth-order valence-electron chi connectivity index (χ4n) is 4.61. The van der Waals surface area contributed by atoms with Gasteiger partial charge in [0.05, 0.1) is 16.2 Å². The Kier molecular flexibility index (Phi) is 11.3. The average Bonchev–Trinajstić information content (AvgIpc) is 2.83. The first-order valence-corrected chi connectivity index (χ1v) is 14.8. The molecule has 1 aromatic heterocycles. The number of carboxylic acids is 1. The molecule has 0 bridgehead atoms. The van der Waals surface area contributed by atoms with E-state index >= 15 is 0 Å². The van der Waals surface area contributed by atoms with Gasteiger partial charge >= 0.3 is 5.97 Å². The topological polar surface area (TPSA) is 144 Å². The molecular formula is C30H41ClN4O5S. The van der Waals surface area contributed by atoms with Crippen LogP contribution in [-0.4, -0.2) is 42.1 Å². The van der Waals surface area contributed by atoms with Crippen LogP contribution in [0.1, 0.15) is 68.1 Å². The van der Waals surface area contributed by atoms with Crippen LogP contribution in [0, 0.1) is 25.2 Å². The SMILES string of the molecule is Cc1cccc(CC(C)C)c1-c1nc(NS(=O)(=O)c2cccc(C(=O)O)c2)nc(OC[C@H](N)CC(C)(C)C)c1C.Cl. The largest absolute Gasteiger partial charge is 0.478 e. The van der Waals surface area contributed by atoms with E-state index in [2.05, 4.69) is 49.3 Å². The number of sulfonamides is 1. The Morgan fingerprint density at radius 1 is 1.10 bits per heavy atom.